The van der Waals surface area contributed by atoms with Crippen LogP contribution in [0.25, 0.3) is 21.3 Å². The molecule has 0 aliphatic heterocycles. The van der Waals surface area contributed by atoms with Gasteiger partial charge in [0.15, 0.2) is 6.61 Å². The van der Waals surface area contributed by atoms with Crippen molar-refractivity contribution >= 4 is 27.5 Å². The number of aromatic nitrogens is 2. The predicted molar refractivity (Wildman–Crippen MR) is 118 cm³/mol. The Hall–Kier alpha value is -3.52. The number of amides is 1. The Morgan fingerprint density at radius 3 is 2.61 bits per heavy atom. The number of methoxy groups -OCH3 is 1. The first-order chi connectivity index (χ1) is 15.1. The van der Waals surface area contributed by atoms with Crippen molar-refractivity contribution < 1.29 is 18.7 Å². The molecule has 0 aliphatic rings. The van der Waals surface area contributed by atoms with Crippen molar-refractivity contribution in [1.29, 1.82) is 0 Å². The lowest BCUT2D eigenvalue weighted by atomic mass is 10.1. The van der Waals surface area contributed by atoms with Crippen molar-refractivity contribution in [2.45, 2.75) is 6.42 Å². The first kappa shape index (κ1) is 20.7. The molecule has 0 bridgehead atoms. The second-order valence-corrected chi connectivity index (χ2v) is 7.61. The Balaban J connectivity index is 1.38. The van der Waals surface area contributed by atoms with Gasteiger partial charge < -0.3 is 14.8 Å². The van der Waals surface area contributed by atoms with Gasteiger partial charge in [0.05, 0.1) is 12.5 Å². The number of thiophene rings is 1. The maximum absolute atomic E-state index is 13.3. The van der Waals surface area contributed by atoms with E-state index >= 15 is 0 Å². The number of hydrogen-bond acceptors (Lipinski definition) is 6. The van der Waals surface area contributed by atoms with Crippen LogP contribution in [0, 0.1) is 5.82 Å². The number of carbonyl (C=O) groups excluding carboxylic acids is 1. The van der Waals surface area contributed by atoms with Crippen LogP contribution in [-0.2, 0) is 11.2 Å². The standard InChI is InChI=1S/C23H20FN3O3S/c1-29-18-8-2-15(3-9-18)10-11-25-20(28)12-30-22-21-19(13-31-23(21)27-14-26-22)16-4-6-17(24)7-5-16/h2-9,13-14H,10-12H2,1H3,(H,25,28). The summed E-state index contributed by atoms with van der Waals surface area (Å²) in [6.45, 7) is 0.334. The highest BCUT2D eigenvalue weighted by Crippen LogP contribution is 2.37. The van der Waals surface area contributed by atoms with E-state index in [2.05, 4.69) is 15.3 Å². The molecule has 1 amide bonds. The molecule has 0 saturated carbocycles. The van der Waals surface area contributed by atoms with Crippen LogP contribution in [0.5, 0.6) is 11.6 Å². The van der Waals surface area contributed by atoms with E-state index in [0.29, 0.717) is 24.2 Å². The molecule has 2 heterocycles. The fourth-order valence-electron chi connectivity index (χ4n) is 3.12. The zero-order chi connectivity index (χ0) is 21.6. The molecule has 4 rings (SSSR count). The second-order valence-electron chi connectivity index (χ2n) is 6.75. The van der Waals surface area contributed by atoms with Crippen LogP contribution >= 0.6 is 11.3 Å². The van der Waals surface area contributed by atoms with Gasteiger partial charge in [-0.3, -0.25) is 4.79 Å². The van der Waals surface area contributed by atoms with Crippen molar-refractivity contribution in [3.8, 4) is 22.8 Å². The van der Waals surface area contributed by atoms with E-state index in [1.807, 2.05) is 29.6 Å². The molecule has 8 heteroatoms. The van der Waals surface area contributed by atoms with Gasteiger partial charge in [0.2, 0.25) is 5.88 Å². The third-order valence-electron chi connectivity index (χ3n) is 4.73. The van der Waals surface area contributed by atoms with Crippen LogP contribution in [0.1, 0.15) is 5.56 Å². The van der Waals surface area contributed by atoms with E-state index in [4.69, 9.17) is 9.47 Å². The van der Waals surface area contributed by atoms with Crippen molar-refractivity contribution in [3.05, 3.63) is 71.6 Å². The topological polar surface area (TPSA) is 73.3 Å². The van der Waals surface area contributed by atoms with E-state index in [1.54, 1.807) is 19.2 Å². The molecule has 0 spiro atoms. The van der Waals surface area contributed by atoms with Crippen molar-refractivity contribution in [1.82, 2.24) is 15.3 Å². The lowest BCUT2D eigenvalue weighted by Crippen LogP contribution is -2.30. The minimum absolute atomic E-state index is 0.159. The summed E-state index contributed by atoms with van der Waals surface area (Å²) in [4.78, 5) is 21.5. The minimum atomic E-state index is -0.303. The number of ether oxygens (including phenoxy) is 2. The third-order valence-corrected chi connectivity index (χ3v) is 5.61. The van der Waals surface area contributed by atoms with Gasteiger partial charge in [-0.2, -0.15) is 0 Å². The van der Waals surface area contributed by atoms with Gasteiger partial charge in [-0.25, -0.2) is 14.4 Å². The molecule has 4 aromatic rings. The summed E-state index contributed by atoms with van der Waals surface area (Å²) in [6.07, 6.45) is 2.11. The largest absolute Gasteiger partial charge is 0.497 e. The Morgan fingerprint density at radius 1 is 1.10 bits per heavy atom. The molecule has 31 heavy (non-hydrogen) atoms. The molecule has 0 saturated heterocycles. The summed E-state index contributed by atoms with van der Waals surface area (Å²) in [5, 5.41) is 5.48. The Bertz CT molecular complexity index is 1180. The van der Waals surface area contributed by atoms with Gasteiger partial charge in [-0.05, 0) is 41.8 Å². The van der Waals surface area contributed by atoms with E-state index in [0.717, 1.165) is 27.3 Å². The number of hydrogen-bond donors (Lipinski definition) is 1. The number of carbonyl (C=O) groups is 1. The number of nitrogens with zero attached hydrogens (tertiary/aromatic N) is 2. The first-order valence-corrected chi connectivity index (χ1v) is 10.5. The van der Waals surface area contributed by atoms with Crippen molar-refractivity contribution in [3.63, 3.8) is 0 Å². The lowest BCUT2D eigenvalue weighted by Gasteiger charge is -2.09. The summed E-state index contributed by atoms with van der Waals surface area (Å²) >= 11 is 1.44. The van der Waals surface area contributed by atoms with Crippen molar-refractivity contribution in [2.75, 3.05) is 20.3 Å². The van der Waals surface area contributed by atoms with Gasteiger partial charge in [-0.15, -0.1) is 11.3 Å². The molecular weight excluding hydrogens is 417 g/mol. The average molecular weight is 437 g/mol. The predicted octanol–water partition coefficient (Wildman–Crippen LogP) is 4.24. The van der Waals surface area contributed by atoms with Crippen LogP contribution in [0.3, 0.4) is 0 Å². The normalized spacial score (nSPS) is 10.8. The fraction of sp³-hybridized carbons (Fsp3) is 0.174. The summed E-state index contributed by atoms with van der Waals surface area (Å²) in [7, 11) is 1.62. The zero-order valence-corrected chi connectivity index (χ0v) is 17.6. The molecule has 0 fully saturated rings. The summed E-state index contributed by atoms with van der Waals surface area (Å²) in [5.74, 6) is 0.586. The summed E-state index contributed by atoms with van der Waals surface area (Å²) in [5.41, 5.74) is 2.77. The van der Waals surface area contributed by atoms with Crippen LogP contribution in [0.4, 0.5) is 4.39 Å². The fourth-order valence-corrected chi connectivity index (χ4v) is 4.03. The lowest BCUT2D eigenvalue weighted by molar-refractivity contribution is -0.123. The van der Waals surface area contributed by atoms with Crippen LogP contribution < -0.4 is 14.8 Å². The van der Waals surface area contributed by atoms with Gasteiger partial charge in [0, 0.05) is 17.5 Å². The number of halogens is 1. The SMILES string of the molecule is COc1ccc(CCNC(=O)COc2ncnc3scc(-c4ccc(F)cc4)c23)cc1. The van der Waals surface area contributed by atoms with E-state index in [1.165, 1.54) is 29.8 Å². The van der Waals surface area contributed by atoms with Gasteiger partial charge in [0.25, 0.3) is 5.91 Å². The van der Waals surface area contributed by atoms with Crippen molar-refractivity contribution in [2.24, 2.45) is 0 Å². The summed E-state index contributed by atoms with van der Waals surface area (Å²) < 4.78 is 24.1. The molecule has 2 aromatic heterocycles. The molecule has 0 radical (unpaired) electrons. The maximum Gasteiger partial charge on any atom is 0.258 e. The van der Waals surface area contributed by atoms with Crippen LogP contribution in [0.2, 0.25) is 0 Å². The first-order valence-electron chi connectivity index (χ1n) is 9.64. The number of rotatable bonds is 8. The zero-order valence-electron chi connectivity index (χ0n) is 16.8. The third kappa shape index (κ3) is 4.97. The number of benzene rings is 2. The van der Waals surface area contributed by atoms with Gasteiger partial charge in [-0.1, -0.05) is 24.3 Å². The van der Waals surface area contributed by atoms with Crippen LogP contribution in [0.15, 0.2) is 60.2 Å². The molecule has 0 unspecified atom stereocenters. The Labute approximate surface area is 182 Å². The quantitative estimate of drug-likeness (QED) is 0.446. The number of nitrogens with one attached hydrogen (secondary N) is 1. The average Bonchev–Trinajstić information content (AvgIpc) is 3.23. The highest BCUT2D eigenvalue weighted by Gasteiger charge is 2.15. The highest BCUT2D eigenvalue weighted by atomic mass is 32.1. The molecule has 158 valence electrons. The number of fused-ring (bicyclic) bond motifs is 1. The van der Waals surface area contributed by atoms with E-state index < -0.39 is 0 Å². The molecule has 1 N–H and O–H groups in total. The van der Waals surface area contributed by atoms with Crippen LogP contribution in [-0.4, -0.2) is 36.1 Å². The van der Waals surface area contributed by atoms with Gasteiger partial charge >= 0.3 is 0 Å². The maximum atomic E-state index is 13.3. The second kappa shape index (κ2) is 9.53. The molecule has 0 aliphatic carbocycles. The monoisotopic (exact) mass is 437 g/mol. The van der Waals surface area contributed by atoms with Gasteiger partial charge in [0.1, 0.15) is 22.7 Å². The molecular formula is C23H20FN3O3S. The molecule has 6 nitrogen and oxygen atoms in total. The van der Waals surface area contributed by atoms with E-state index in [9.17, 15) is 9.18 Å². The molecule has 2 aromatic carbocycles. The molecule has 0 atom stereocenters. The minimum Gasteiger partial charge on any atom is -0.497 e. The smallest absolute Gasteiger partial charge is 0.258 e. The summed E-state index contributed by atoms with van der Waals surface area (Å²) in [6, 6.07) is 13.9. The Kier molecular flexibility index (Phi) is 6.37. The highest BCUT2D eigenvalue weighted by molar-refractivity contribution is 7.17. The Morgan fingerprint density at radius 2 is 1.87 bits per heavy atom. The van der Waals surface area contributed by atoms with E-state index in [-0.39, 0.29) is 18.3 Å².